The van der Waals surface area contributed by atoms with Crippen LogP contribution in [0.4, 0.5) is 4.79 Å². The number of hydrogen-bond acceptors (Lipinski definition) is 2. The molecule has 0 bridgehead atoms. The average Bonchev–Trinajstić information content (AvgIpc) is 2.24. The average molecular weight is 281 g/mol. The van der Waals surface area contributed by atoms with Gasteiger partial charge in [-0.15, -0.1) is 0 Å². The maximum Gasteiger partial charge on any atom is 0.315 e. The molecule has 1 saturated heterocycles. The molecule has 0 aromatic rings. The molecule has 1 heterocycles. The van der Waals surface area contributed by atoms with Crippen LogP contribution in [0.15, 0.2) is 0 Å². The molecule has 5 nitrogen and oxygen atoms in total. The molecule has 0 atom stereocenters. The largest absolute Gasteiger partial charge is 0.342 e. The number of carbonyl (C=O) groups excluding carboxylic acids is 2. The predicted molar refractivity (Wildman–Crippen MR) is 78.4 cm³/mol. The van der Waals surface area contributed by atoms with Crippen molar-refractivity contribution in [2.75, 3.05) is 13.1 Å². The molecule has 1 aliphatic heterocycles. The first-order chi connectivity index (χ1) is 9.35. The molecule has 2 fully saturated rings. The van der Waals surface area contributed by atoms with Crippen LogP contribution in [0, 0.1) is 5.92 Å². The molecule has 0 spiro atoms. The topological polar surface area (TPSA) is 61.4 Å². The standard InChI is InChI=1S/C15H27N3O2/c1-15(2,3)17-14(20)16-12-7-9-18(10-8-12)13(19)11-5-4-6-11/h11-12H,4-10H2,1-3H3,(H2,16,17,20). The molecule has 0 radical (unpaired) electrons. The molecular formula is C15H27N3O2. The van der Waals surface area contributed by atoms with Gasteiger partial charge < -0.3 is 15.5 Å². The van der Waals surface area contributed by atoms with E-state index in [0.29, 0.717) is 5.91 Å². The van der Waals surface area contributed by atoms with E-state index < -0.39 is 0 Å². The van der Waals surface area contributed by atoms with E-state index >= 15 is 0 Å². The fraction of sp³-hybridized carbons (Fsp3) is 0.867. The van der Waals surface area contributed by atoms with Crippen molar-refractivity contribution in [2.24, 2.45) is 5.92 Å². The highest BCUT2D eigenvalue weighted by molar-refractivity contribution is 5.79. The smallest absolute Gasteiger partial charge is 0.315 e. The Balaban J connectivity index is 1.71. The summed E-state index contributed by atoms with van der Waals surface area (Å²) >= 11 is 0. The van der Waals surface area contributed by atoms with E-state index in [2.05, 4.69) is 10.6 Å². The van der Waals surface area contributed by atoms with Crippen LogP contribution in [0.25, 0.3) is 0 Å². The quantitative estimate of drug-likeness (QED) is 0.812. The van der Waals surface area contributed by atoms with Crippen LogP contribution in [0.3, 0.4) is 0 Å². The number of piperidine rings is 1. The highest BCUT2D eigenvalue weighted by atomic mass is 16.2. The molecule has 2 N–H and O–H groups in total. The Bertz CT molecular complexity index is 364. The van der Waals surface area contributed by atoms with Gasteiger partial charge in [0.15, 0.2) is 0 Å². The van der Waals surface area contributed by atoms with E-state index in [-0.39, 0.29) is 23.5 Å². The fourth-order valence-corrected chi connectivity index (χ4v) is 2.72. The second kappa shape index (κ2) is 6.02. The highest BCUT2D eigenvalue weighted by Crippen LogP contribution is 2.29. The van der Waals surface area contributed by atoms with Gasteiger partial charge in [0.1, 0.15) is 0 Å². The highest BCUT2D eigenvalue weighted by Gasteiger charge is 2.32. The lowest BCUT2D eigenvalue weighted by molar-refractivity contribution is -0.139. The summed E-state index contributed by atoms with van der Waals surface area (Å²) in [6.07, 6.45) is 5.03. The van der Waals surface area contributed by atoms with Crippen LogP contribution in [0.1, 0.15) is 52.9 Å². The Hall–Kier alpha value is -1.26. The molecule has 20 heavy (non-hydrogen) atoms. The maximum atomic E-state index is 12.1. The monoisotopic (exact) mass is 281 g/mol. The van der Waals surface area contributed by atoms with Gasteiger partial charge in [0.25, 0.3) is 0 Å². The minimum atomic E-state index is -0.217. The van der Waals surface area contributed by atoms with E-state index in [9.17, 15) is 9.59 Å². The normalized spacial score (nSPS) is 21.2. The Morgan fingerprint density at radius 1 is 1.05 bits per heavy atom. The van der Waals surface area contributed by atoms with Crippen LogP contribution in [0.2, 0.25) is 0 Å². The molecular weight excluding hydrogens is 254 g/mol. The molecule has 0 aromatic carbocycles. The zero-order valence-electron chi connectivity index (χ0n) is 12.9. The first-order valence-electron chi connectivity index (χ1n) is 7.72. The molecule has 114 valence electrons. The van der Waals surface area contributed by atoms with Gasteiger partial charge in [0.2, 0.25) is 5.91 Å². The minimum Gasteiger partial charge on any atom is -0.342 e. The van der Waals surface area contributed by atoms with Crippen molar-refractivity contribution >= 4 is 11.9 Å². The van der Waals surface area contributed by atoms with Crippen molar-refractivity contribution in [3.05, 3.63) is 0 Å². The molecule has 0 aromatic heterocycles. The summed E-state index contributed by atoms with van der Waals surface area (Å²) in [5, 5.41) is 5.91. The lowest BCUT2D eigenvalue weighted by Gasteiger charge is -2.37. The lowest BCUT2D eigenvalue weighted by Crippen LogP contribution is -2.53. The second-order valence-corrected chi connectivity index (χ2v) is 7.08. The van der Waals surface area contributed by atoms with Crippen molar-refractivity contribution in [2.45, 2.75) is 64.5 Å². The third-order valence-corrected chi connectivity index (χ3v) is 4.08. The van der Waals surface area contributed by atoms with Gasteiger partial charge in [0.05, 0.1) is 0 Å². The van der Waals surface area contributed by atoms with Crippen LogP contribution >= 0.6 is 0 Å². The number of hydrogen-bond donors (Lipinski definition) is 2. The molecule has 2 aliphatic rings. The van der Waals surface area contributed by atoms with Crippen molar-refractivity contribution in [1.29, 1.82) is 0 Å². The SMILES string of the molecule is CC(C)(C)NC(=O)NC1CCN(C(=O)C2CCC2)CC1. The van der Waals surface area contributed by atoms with Crippen LogP contribution in [-0.2, 0) is 4.79 Å². The maximum absolute atomic E-state index is 12.1. The van der Waals surface area contributed by atoms with E-state index in [1.165, 1.54) is 6.42 Å². The van der Waals surface area contributed by atoms with Gasteiger partial charge in [-0.05, 0) is 46.5 Å². The Labute approximate surface area is 121 Å². The van der Waals surface area contributed by atoms with Gasteiger partial charge in [-0.2, -0.15) is 0 Å². The lowest BCUT2D eigenvalue weighted by atomic mass is 9.84. The van der Waals surface area contributed by atoms with Gasteiger partial charge >= 0.3 is 6.03 Å². The van der Waals surface area contributed by atoms with E-state index in [1.54, 1.807) is 0 Å². The Kier molecular flexibility index (Phi) is 4.55. The van der Waals surface area contributed by atoms with Crippen molar-refractivity contribution in [3.8, 4) is 0 Å². The molecule has 5 heteroatoms. The van der Waals surface area contributed by atoms with Gasteiger partial charge in [-0.25, -0.2) is 4.79 Å². The van der Waals surface area contributed by atoms with Crippen molar-refractivity contribution in [3.63, 3.8) is 0 Å². The zero-order chi connectivity index (χ0) is 14.8. The Morgan fingerprint density at radius 2 is 1.65 bits per heavy atom. The summed E-state index contributed by atoms with van der Waals surface area (Å²) in [5.41, 5.74) is -0.217. The summed E-state index contributed by atoms with van der Waals surface area (Å²) in [4.78, 5) is 25.9. The number of nitrogens with one attached hydrogen (secondary N) is 2. The summed E-state index contributed by atoms with van der Waals surface area (Å²) in [7, 11) is 0. The number of rotatable bonds is 2. The van der Waals surface area contributed by atoms with Crippen LogP contribution < -0.4 is 10.6 Å². The first kappa shape index (κ1) is 15.1. The number of amides is 3. The summed E-state index contributed by atoms with van der Waals surface area (Å²) < 4.78 is 0. The van der Waals surface area contributed by atoms with E-state index in [1.807, 2.05) is 25.7 Å². The Morgan fingerprint density at radius 3 is 2.10 bits per heavy atom. The third kappa shape index (κ3) is 4.12. The minimum absolute atomic E-state index is 0.110. The van der Waals surface area contributed by atoms with E-state index in [0.717, 1.165) is 38.8 Å². The zero-order valence-corrected chi connectivity index (χ0v) is 12.9. The van der Waals surface area contributed by atoms with Crippen molar-refractivity contribution < 1.29 is 9.59 Å². The van der Waals surface area contributed by atoms with E-state index in [4.69, 9.17) is 0 Å². The predicted octanol–water partition coefficient (Wildman–Crippen LogP) is 1.88. The summed E-state index contributed by atoms with van der Waals surface area (Å²) in [6.45, 7) is 7.44. The molecule has 1 saturated carbocycles. The molecule has 3 amide bonds. The second-order valence-electron chi connectivity index (χ2n) is 7.08. The number of carbonyl (C=O) groups is 2. The number of urea groups is 1. The van der Waals surface area contributed by atoms with Crippen LogP contribution in [-0.4, -0.2) is 41.5 Å². The molecule has 0 unspecified atom stereocenters. The summed E-state index contributed by atoms with van der Waals surface area (Å²) in [5.74, 6) is 0.609. The van der Waals surface area contributed by atoms with Crippen LogP contribution in [0.5, 0.6) is 0 Å². The van der Waals surface area contributed by atoms with Gasteiger partial charge in [0, 0.05) is 30.6 Å². The number of nitrogens with zero attached hydrogens (tertiary/aromatic N) is 1. The number of likely N-dealkylation sites (tertiary alicyclic amines) is 1. The van der Waals surface area contributed by atoms with Gasteiger partial charge in [-0.3, -0.25) is 4.79 Å². The first-order valence-corrected chi connectivity index (χ1v) is 7.72. The summed E-state index contributed by atoms with van der Waals surface area (Å²) in [6, 6.07) is 0.0732. The third-order valence-electron chi connectivity index (χ3n) is 4.08. The molecule has 2 rings (SSSR count). The van der Waals surface area contributed by atoms with Crippen molar-refractivity contribution in [1.82, 2.24) is 15.5 Å². The van der Waals surface area contributed by atoms with Gasteiger partial charge in [-0.1, -0.05) is 6.42 Å². The fourth-order valence-electron chi connectivity index (χ4n) is 2.72. The molecule has 1 aliphatic carbocycles.